The number of hydrogen-bond acceptors (Lipinski definition) is 6. The highest BCUT2D eigenvalue weighted by atomic mass is 19.4. The molecule has 0 unspecified atom stereocenters. The molecule has 9 nitrogen and oxygen atoms in total. The Kier molecular flexibility index (Phi) is 5.80. The van der Waals surface area contributed by atoms with E-state index in [0.717, 1.165) is 12.1 Å². The molecule has 2 fully saturated rings. The molecule has 2 heterocycles. The fraction of sp³-hybridized carbons (Fsp3) is 0.529. The summed E-state index contributed by atoms with van der Waals surface area (Å²) in [5.74, 6) is -0.161. The number of piperazine rings is 1. The Morgan fingerprint density at radius 2 is 1.86 bits per heavy atom. The Morgan fingerprint density at radius 3 is 2.41 bits per heavy atom. The topological polar surface area (TPSA) is 96.2 Å². The van der Waals surface area contributed by atoms with Gasteiger partial charge in [-0.15, -0.1) is 0 Å². The molecule has 0 atom stereocenters. The minimum absolute atomic E-state index is 0.0925. The molecule has 2 amide bonds. The normalized spacial score (nSPS) is 17.5. The van der Waals surface area contributed by atoms with Crippen LogP contribution in [-0.2, 0) is 15.7 Å². The number of ether oxygens (including phenoxy) is 1. The molecule has 0 bridgehead atoms. The van der Waals surface area contributed by atoms with Crippen LogP contribution in [0.15, 0.2) is 18.2 Å². The molecule has 12 heteroatoms. The van der Waals surface area contributed by atoms with Gasteiger partial charge >= 0.3 is 12.3 Å². The van der Waals surface area contributed by atoms with Crippen molar-refractivity contribution >= 4 is 23.4 Å². The molecule has 3 rings (SSSR count). The lowest BCUT2D eigenvalue weighted by Crippen LogP contribution is -2.49. The number of nitrogens with zero attached hydrogens (tertiary/aromatic N) is 4. The minimum Gasteiger partial charge on any atom is -0.448 e. The van der Waals surface area contributed by atoms with Crippen LogP contribution >= 0.6 is 0 Å². The SMILES string of the molecule is O=C(CCN1CCOC1=O)N1CCN(c2ccc(C(F)(F)F)cc2[N+](=O)[O-])CC1. The molecule has 2 aliphatic rings. The van der Waals surface area contributed by atoms with Crippen LogP contribution in [0.4, 0.5) is 29.3 Å². The molecule has 1 aromatic carbocycles. The second-order valence-electron chi connectivity index (χ2n) is 6.68. The number of hydrogen-bond donors (Lipinski definition) is 0. The van der Waals surface area contributed by atoms with Crippen molar-refractivity contribution in [2.24, 2.45) is 0 Å². The number of anilines is 1. The molecule has 0 N–H and O–H groups in total. The minimum atomic E-state index is -4.67. The molecule has 0 aromatic heterocycles. The van der Waals surface area contributed by atoms with Crippen molar-refractivity contribution in [3.63, 3.8) is 0 Å². The molecule has 29 heavy (non-hydrogen) atoms. The molecular formula is C17H19F3N4O5. The van der Waals surface area contributed by atoms with Crippen molar-refractivity contribution in [2.75, 3.05) is 50.8 Å². The summed E-state index contributed by atoms with van der Waals surface area (Å²) in [7, 11) is 0. The maximum absolute atomic E-state index is 12.8. The van der Waals surface area contributed by atoms with Crippen molar-refractivity contribution in [3.05, 3.63) is 33.9 Å². The number of rotatable bonds is 5. The number of halogens is 3. The summed E-state index contributed by atoms with van der Waals surface area (Å²) in [6, 6.07) is 2.44. The van der Waals surface area contributed by atoms with Gasteiger partial charge in [-0.25, -0.2) is 4.79 Å². The standard InChI is InChI=1S/C17H19F3N4O5/c18-17(19,20)12-1-2-13(14(11-12)24(27)28)21-5-7-22(8-6-21)15(25)3-4-23-9-10-29-16(23)26/h1-2,11H,3-10H2. The predicted octanol–water partition coefficient (Wildman–Crippen LogP) is 2.10. The predicted molar refractivity (Wildman–Crippen MR) is 94.4 cm³/mol. The van der Waals surface area contributed by atoms with Gasteiger partial charge in [0.2, 0.25) is 5.91 Å². The summed E-state index contributed by atoms with van der Waals surface area (Å²) in [6.07, 6.45) is -4.98. The second-order valence-corrected chi connectivity index (χ2v) is 6.68. The summed E-state index contributed by atoms with van der Waals surface area (Å²) in [6.45, 7) is 2.06. The molecule has 158 valence electrons. The summed E-state index contributed by atoms with van der Waals surface area (Å²) < 4.78 is 43.3. The average molecular weight is 416 g/mol. The Balaban J connectivity index is 1.60. The van der Waals surface area contributed by atoms with Crippen LogP contribution in [0.25, 0.3) is 0 Å². The van der Waals surface area contributed by atoms with Crippen LogP contribution < -0.4 is 4.90 Å². The Labute approximate surface area is 163 Å². The Bertz CT molecular complexity index is 809. The molecule has 2 saturated heterocycles. The van der Waals surface area contributed by atoms with Crippen molar-refractivity contribution in [3.8, 4) is 0 Å². The van der Waals surface area contributed by atoms with E-state index in [1.807, 2.05) is 0 Å². The zero-order chi connectivity index (χ0) is 21.2. The summed E-state index contributed by atoms with van der Waals surface area (Å²) >= 11 is 0. The molecule has 0 spiro atoms. The summed E-state index contributed by atoms with van der Waals surface area (Å²) in [4.78, 5) is 38.8. The number of amides is 2. The third-order valence-electron chi connectivity index (χ3n) is 4.91. The highest BCUT2D eigenvalue weighted by molar-refractivity contribution is 5.78. The second kappa shape index (κ2) is 8.13. The Hall–Kier alpha value is -3.05. The number of nitro benzene ring substituents is 1. The van der Waals surface area contributed by atoms with Crippen molar-refractivity contribution in [2.45, 2.75) is 12.6 Å². The van der Waals surface area contributed by atoms with Crippen LogP contribution in [0.1, 0.15) is 12.0 Å². The monoisotopic (exact) mass is 416 g/mol. The molecule has 0 saturated carbocycles. The first-order chi connectivity index (χ1) is 13.7. The van der Waals surface area contributed by atoms with Gasteiger partial charge < -0.3 is 19.4 Å². The maximum Gasteiger partial charge on any atom is 0.416 e. The van der Waals surface area contributed by atoms with Gasteiger partial charge in [-0.2, -0.15) is 13.2 Å². The van der Waals surface area contributed by atoms with E-state index in [1.54, 1.807) is 9.80 Å². The average Bonchev–Trinajstić information content (AvgIpc) is 3.10. The lowest BCUT2D eigenvalue weighted by Gasteiger charge is -2.36. The van der Waals surface area contributed by atoms with E-state index in [1.165, 1.54) is 4.90 Å². The van der Waals surface area contributed by atoms with E-state index >= 15 is 0 Å². The van der Waals surface area contributed by atoms with E-state index in [-0.39, 0.29) is 50.7 Å². The van der Waals surface area contributed by atoms with Gasteiger partial charge in [-0.3, -0.25) is 14.9 Å². The summed E-state index contributed by atoms with van der Waals surface area (Å²) in [5.41, 5.74) is -1.61. The van der Waals surface area contributed by atoms with Gasteiger partial charge in [-0.1, -0.05) is 0 Å². The number of alkyl halides is 3. The molecule has 2 aliphatic heterocycles. The molecule has 1 aromatic rings. The first-order valence-corrected chi connectivity index (χ1v) is 8.97. The van der Waals surface area contributed by atoms with E-state index in [4.69, 9.17) is 4.74 Å². The maximum atomic E-state index is 12.8. The third-order valence-corrected chi connectivity index (χ3v) is 4.91. The highest BCUT2D eigenvalue weighted by Gasteiger charge is 2.34. The quantitative estimate of drug-likeness (QED) is 0.539. The van der Waals surface area contributed by atoms with Crippen molar-refractivity contribution in [1.29, 1.82) is 0 Å². The molecule has 0 radical (unpaired) electrons. The van der Waals surface area contributed by atoms with Gasteiger partial charge in [-0.05, 0) is 12.1 Å². The van der Waals surface area contributed by atoms with Gasteiger partial charge in [0.25, 0.3) is 5.69 Å². The first-order valence-electron chi connectivity index (χ1n) is 8.97. The van der Waals surface area contributed by atoms with Crippen LogP contribution in [0.2, 0.25) is 0 Å². The first kappa shape index (κ1) is 20.7. The van der Waals surface area contributed by atoms with Gasteiger partial charge in [0, 0.05) is 45.2 Å². The number of nitro groups is 1. The lowest BCUT2D eigenvalue weighted by atomic mass is 10.1. The van der Waals surface area contributed by atoms with E-state index in [0.29, 0.717) is 19.2 Å². The van der Waals surface area contributed by atoms with Crippen LogP contribution in [0.3, 0.4) is 0 Å². The van der Waals surface area contributed by atoms with E-state index < -0.39 is 28.4 Å². The fourth-order valence-electron chi connectivity index (χ4n) is 3.33. The lowest BCUT2D eigenvalue weighted by molar-refractivity contribution is -0.384. The van der Waals surface area contributed by atoms with Gasteiger partial charge in [0.15, 0.2) is 0 Å². The van der Waals surface area contributed by atoms with Gasteiger partial charge in [0.05, 0.1) is 17.0 Å². The van der Waals surface area contributed by atoms with Crippen molar-refractivity contribution < 1.29 is 32.4 Å². The number of benzene rings is 1. The largest absolute Gasteiger partial charge is 0.448 e. The fourth-order valence-corrected chi connectivity index (χ4v) is 3.33. The number of cyclic esters (lactones) is 1. The van der Waals surface area contributed by atoms with Crippen LogP contribution in [0.5, 0.6) is 0 Å². The number of carbonyl (C=O) groups excluding carboxylic acids is 2. The van der Waals surface area contributed by atoms with Crippen molar-refractivity contribution in [1.82, 2.24) is 9.80 Å². The van der Waals surface area contributed by atoms with E-state index in [9.17, 15) is 32.9 Å². The smallest absolute Gasteiger partial charge is 0.416 e. The van der Waals surface area contributed by atoms with E-state index in [2.05, 4.69) is 0 Å². The van der Waals surface area contributed by atoms with Gasteiger partial charge in [0.1, 0.15) is 12.3 Å². The number of carbonyl (C=O) groups is 2. The summed E-state index contributed by atoms with van der Waals surface area (Å²) in [5, 5.41) is 11.3. The third kappa shape index (κ3) is 4.69. The van der Waals surface area contributed by atoms with Crippen LogP contribution in [-0.4, -0.2) is 72.6 Å². The molecular weight excluding hydrogens is 397 g/mol. The molecule has 0 aliphatic carbocycles. The Morgan fingerprint density at radius 1 is 1.17 bits per heavy atom. The highest BCUT2D eigenvalue weighted by Crippen LogP contribution is 2.36. The zero-order valence-electron chi connectivity index (χ0n) is 15.4. The zero-order valence-corrected chi connectivity index (χ0v) is 15.4. The van der Waals surface area contributed by atoms with Crippen LogP contribution in [0, 0.1) is 10.1 Å².